The van der Waals surface area contributed by atoms with E-state index in [-0.39, 0.29) is 19.1 Å². The molecule has 0 bridgehead atoms. The van der Waals surface area contributed by atoms with Gasteiger partial charge in [0.2, 0.25) is 5.88 Å². The fraction of sp³-hybridized carbons (Fsp3) is 0.667. The Hall–Kier alpha value is -2.35. The van der Waals surface area contributed by atoms with E-state index < -0.39 is 17.7 Å². The van der Waals surface area contributed by atoms with Gasteiger partial charge in [-0.15, -0.1) is 0 Å². The van der Waals surface area contributed by atoms with Crippen LogP contribution < -0.4 is 4.74 Å². The SMILES string of the molecule is CCOC(=O)CC(O)c1ccnc(OCC2CCN(C(=O)OC(C)(C)C)CC2)c1. The normalized spacial score (nSPS) is 16.2. The number of hydrogen-bond acceptors (Lipinski definition) is 7. The van der Waals surface area contributed by atoms with Crippen LogP contribution in [0.4, 0.5) is 4.79 Å². The zero-order valence-electron chi connectivity index (χ0n) is 17.7. The highest BCUT2D eigenvalue weighted by atomic mass is 16.6. The molecular formula is C21H32N2O6. The van der Waals surface area contributed by atoms with Crippen LogP contribution in [-0.2, 0) is 14.3 Å². The third kappa shape index (κ3) is 7.89. The number of ether oxygens (including phenoxy) is 3. The van der Waals surface area contributed by atoms with Gasteiger partial charge >= 0.3 is 12.1 Å². The number of aromatic nitrogens is 1. The van der Waals surface area contributed by atoms with E-state index in [2.05, 4.69) is 4.98 Å². The van der Waals surface area contributed by atoms with Crippen LogP contribution in [0, 0.1) is 5.92 Å². The summed E-state index contributed by atoms with van der Waals surface area (Å²) in [5.74, 6) is 0.264. The molecule has 162 valence electrons. The summed E-state index contributed by atoms with van der Waals surface area (Å²) in [6.07, 6.45) is 1.85. The summed E-state index contributed by atoms with van der Waals surface area (Å²) in [6, 6.07) is 3.29. The van der Waals surface area contributed by atoms with E-state index in [1.807, 2.05) is 20.8 Å². The first-order valence-corrected chi connectivity index (χ1v) is 10.1. The number of aliphatic hydroxyl groups excluding tert-OH is 1. The lowest BCUT2D eigenvalue weighted by Gasteiger charge is -2.33. The van der Waals surface area contributed by atoms with E-state index in [0.717, 1.165) is 12.8 Å². The monoisotopic (exact) mass is 408 g/mol. The van der Waals surface area contributed by atoms with Gasteiger partial charge in [0.15, 0.2) is 0 Å². The molecule has 0 aliphatic carbocycles. The maximum absolute atomic E-state index is 12.1. The summed E-state index contributed by atoms with van der Waals surface area (Å²) in [7, 11) is 0. The lowest BCUT2D eigenvalue weighted by atomic mass is 9.98. The summed E-state index contributed by atoms with van der Waals surface area (Å²) in [6.45, 7) is 9.32. The minimum atomic E-state index is -0.962. The van der Waals surface area contributed by atoms with Crippen molar-refractivity contribution < 1.29 is 28.9 Å². The molecule has 0 aromatic carbocycles. The molecule has 1 amide bonds. The van der Waals surface area contributed by atoms with Crippen LogP contribution in [-0.4, -0.2) is 59.0 Å². The smallest absolute Gasteiger partial charge is 0.410 e. The van der Waals surface area contributed by atoms with Gasteiger partial charge in [-0.1, -0.05) is 0 Å². The van der Waals surface area contributed by atoms with Gasteiger partial charge in [0.05, 0.1) is 25.7 Å². The molecule has 1 aliphatic rings. The first-order chi connectivity index (χ1) is 13.7. The highest BCUT2D eigenvalue weighted by Crippen LogP contribution is 2.23. The highest BCUT2D eigenvalue weighted by Gasteiger charge is 2.27. The molecule has 1 unspecified atom stereocenters. The Balaban J connectivity index is 1.79. The van der Waals surface area contributed by atoms with Crippen molar-refractivity contribution in [1.82, 2.24) is 9.88 Å². The van der Waals surface area contributed by atoms with Crippen molar-refractivity contribution in [3.8, 4) is 5.88 Å². The number of aliphatic hydroxyl groups is 1. The van der Waals surface area contributed by atoms with E-state index in [0.29, 0.717) is 37.1 Å². The van der Waals surface area contributed by atoms with E-state index in [1.165, 1.54) is 0 Å². The van der Waals surface area contributed by atoms with Gasteiger partial charge in [-0.25, -0.2) is 9.78 Å². The maximum Gasteiger partial charge on any atom is 0.410 e. The first kappa shape index (κ1) is 22.9. The second kappa shape index (κ2) is 10.4. The van der Waals surface area contributed by atoms with Crippen molar-refractivity contribution in [2.75, 3.05) is 26.3 Å². The molecule has 0 spiro atoms. The number of amides is 1. The number of carbonyl (C=O) groups excluding carboxylic acids is 2. The number of piperidine rings is 1. The van der Waals surface area contributed by atoms with Crippen molar-refractivity contribution in [1.29, 1.82) is 0 Å². The van der Waals surface area contributed by atoms with Gasteiger partial charge in [0.1, 0.15) is 5.60 Å². The van der Waals surface area contributed by atoms with Gasteiger partial charge in [0, 0.05) is 25.4 Å². The summed E-state index contributed by atoms with van der Waals surface area (Å²) < 4.78 is 16.1. The molecule has 8 nitrogen and oxygen atoms in total. The standard InChI is InChI=1S/C21H32N2O6/c1-5-27-19(25)13-17(24)16-6-9-22-18(12-16)28-14-15-7-10-23(11-8-15)20(26)29-21(2,3)4/h6,9,12,15,17,24H,5,7-8,10-11,13-14H2,1-4H3. The number of carbonyl (C=O) groups is 2. The van der Waals surface area contributed by atoms with Gasteiger partial charge in [0.25, 0.3) is 0 Å². The molecule has 1 aromatic rings. The zero-order valence-corrected chi connectivity index (χ0v) is 17.7. The molecule has 1 aliphatic heterocycles. The third-order valence-corrected chi connectivity index (χ3v) is 4.54. The fourth-order valence-corrected chi connectivity index (χ4v) is 3.02. The average molecular weight is 408 g/mol. The maximum atomic E-state index is 12.1. The van der Waals surface area contributed by atoms with E-state index in [1.54, 1.807) is 30.2 Å². The Morgan fingerprint density at radius 1 is 1.31 bits per heavy atom. The Morgan fingerprint density at radius 2 is 2.00 bits per heavy atom. The van der Waals surface area contributed by atoms with Crippen LogP contribution in [0.15, 0.2) is 18.3 Å². The summed E-state index contributed by atoms with van der Waals surface area (Å²) in [5.41, 5.74) is 0.0637. The highest BCUT2D eigenvalue weighted by molar-refractivity contribution is 5.70. The zero-order chi connectivity index (χ0) is 21.4. The molecule has 8 heteroatoms. The first-order valence-electron chi connectivity index (χ1n) is 10.1. The molecule has 1 atom stereocenters. The lowest BCUT2D eigenvalue weighted by Crippen LogP contribution is -2.42. The Kier molecular flexibility index (Phi) is 8.25. The van der Waals surface area contributed by atoms with Crippen LogP contribution in [0.25, 0.3) is 0 Å². The van der Waals surface area contributed by atoms with E-state index >= 15 is 0 Å². The topological polar surface area (TPSA) is 98.2 Å². The molecule has 1 saturated heterocycles. The Morgan fingerprint density at radius 3 is 2.62 bits per heavy atom. The number of pyridine rings is 1. The molecule has 2 rings (SSSR count). The molecule has 1 fully saturated rings. The Labute approximate surface area is 172 Å². The van der Waals surface area contributed by atoms with Crippen LogP contribution in [0.3, 0.4) is 0 Å². The molecule has 0 saturated carbocycles. The van der Waals surface area contributed by atoms with Gasteiger partial charge in [-0.05, 0) is 58.1 Å². The average Bonchev–Trinajstić information content (AvgIpc) is 2.66. The lowest BCUT2D eigenvalue weighted by molar-refractivity contribution is -0.145. The Bertz CT molecular complexity index is 680. The second-order valence-corrected chi connectivity index (χ2v) is 8.17. The van der Waals surface area contributed by atoms with Gasteiger partial charge < -0.3 is 24.2 Å². The van der Waals surface area contributed by atoms with Crippen LogP contribution in [0.2, 0.25) is 0 Å². The fourth-order valence-electron chi connectivity index (χ4n) is 3.02. The van der Waals surface area contributed by atoms with Crippen molar-refractivity contribution in [3.05, 3.63) is 23.9 Å². The number of hydrogen-bond donors (Lipinski definition) is 1. The number of likely N-dealkylation sites (tertiary alicyclic amines) is 1. The van der Waals surface area contributed by atoms with Crippen molar-refractivity contribution in [3.63, 3.8) is 0 Å². The van der Waals surface area contributed by atoms with Crippen molar-refractivity contribution in [2.24, 2.45) is 5.92 Å². The van der Waals surface area contributed by atoms with Gasteiger partial charge in [-0.3, -0.25) is 4.79 Å². The summed E-state index contributed by atoms with van der Waals surface area (Å²) in [5, 5.41) is 10.2. The summed E-state index contributed by atoms with van der Waals surface area (Å²) in [4.78, 5) is 29.6. The molecule has 0 radical (unpaired) electrons. The van der Waals surface area contributed by atoms with E-state index in [9.17, 15) is 14.7 Å². The van der Waals surface area contributed by atoms with Crippen molar-refractivity contribution in [2.45, 2.75) is 58.7 Å². The third-order valence-electron chi connectivity index (χ3n) is 4.54. The largest absolute Gasteiger partial charge is 0.477 e. The van der Waals surface area contributed by atoms with Gasteiger partial charge in [-0.2, -0.15) is 0 Å². The minimum absolute atomic E-state index is 0.111. The minimum Gasteiger partial charge on any atom is -0.477 e. The van der Waals surface area contributed by atoms with Crippen LogP contribution in [0.1, 0.15) is 58.6 Å². The molecular weight excluding hydrogens is 376 g/mol. The number of nitrogens with zero attached hydrogens (tertiary/aromatic N) is 2. The molecule has 2 heterocycles. The number of rotatable bonds is 7. The van der Waals surface area contributed by atoms with Crippen LogP contribution in [0.5, 0.6) is 5.88 Å². The molecule has 29 heavy (non-hydrogen) atoms. The quantitative estimate of drug-likeness (QED) is 0.692. The number of esters is 1. The van der Waals surface area contributed by atoms with Crippen LogP contribution >= 0.6 is 0 Å². The van der Waals surface area contributed by atoms with Crippen molar-refractivity contribution >= 4 is 12.1 Å². The second-order valence-electron chi connectivity index (χ2n) is 8.17. The van der Waals surface area contributed by atoms with E-state index in [4.69, 9.17) is 14.2 Å². The summed E-state index contributed by atoms with van der Waals surface area (Å²) >= 11 is 0. The predicted octanol–water partition coefficient (Wildman–Crippen LogP) is 3.09. The molecule has 1 N–H and O–H groups in total. The predicted molar refractivity (Wildman–Crippen MR) is 106 cm³/mol. The molecule has 1 aromatic heterocycles.